The van der Waals surface area contributed by atoms with Crippen molar-refractivity contribution in [3.05, 3.63) is 21.5 Å². The highest BCUT2D eigenvalue weighted by Gasteiger charge is 2.26. The molecule has 6 heteroatoms. The van der Waals surface area contributed by atoms with Gasteiger partial charge in [-0.3, -0.25) is 14.8 Å². The van der Waals surface area contributed by atoms with Crippen LogP contribution in [0.25, 0.3) is 0 Å². The van der Waals surface area contributed by atoms with Crippen LogP contribution in [-0.4, -0.2) is 20.7 Å². The molecular formula is C10H18N4O2. The maximum absolute atomic E-state index is 11.0. The summed E-state index contributed by atoms with van der Waals surface area (Å²) in [5.41, 5.74) is 6.88. The third-order valence-corrected chi connectivity index (χ3v) is 2.34. The zero-order valence-corrected chi connectivity index (χ0v) is 10.1. The Kier molecular flexibility index (Phi) is 3.64. The third-order valence-electron chi connectivity index (χ3n) is 2.34. The zero-order valence-electron chi connectivity index (χ0n) is 10.1. The second kappa shape index (κ2) is 4.61. The van der Waals surface area contributed by atoms with Gasteiger partial charge in [0.25, 0.3) is 0 Å². The topological polar surface area (TPSA) is 87.0 Å². The normalized spacial score (nSPS) is 13.1. The number of rotatable bonds is 4. The number of aromatic nitrogens is 2. The number of hydrogen-bond acceptors (Lipinski definition) is 4. The van der Waals surface area contributed by atoms with Crippen LogP contribution in [0, 0.1) is 17.0 Å². The average Bonchev–Trinajstić information content (AvgIpc) is 2.41. The first kappa shape index (κ1) is 12.6. The van der Waals surface area contributed by atoms with Crippen molar-refractivity contribution in [1.82, 2.24) is 9.78 Å². The fraction of sp³-hybridized carbons (Fsp3) is 0.700. The van der Waals surface area contributed by atoms with Gasteiger partial charge >= 0.3 is 5.69 Å². The van der Waals surface area contributed by atoms with Crippen molar-refractivity contribution in [3.63, 3.8) is 0 Å². The lowest BCUT2D eigenvalue weighted by atomic mass is 10.1. The van der Waals surface area contributed by atoms with Crippen molar-refractivity contribution < 1.29 is 4.92 Å². The van der Waals surface area contributed by atoms with Crippen LogP contribution in [0.3, 0.4) is 0 Å². The predicted molar refractivity (Wildman–Crippen MR) is 61.4 cm³/mol. The molecule has 0 saturated heterocycles. The molecule has 0 spiro atoms. The average molecular weight is 226 g/mol. The second-order valence-electron chi connectivity index (χ2n) is 4.36. The van der Waals surface area contributed by atoms with Crippen LogP contribution in [0.2, 0.25) is 0 Å². The first-order valence-corrected chi connectivity index (χ1v) is 5.32. The quantitative estimate of drug-likeness (QED) is 0.623. The van der Waals surface area contributed by atoms with Gasteiger partial charge in [-0.25, -0.2) is 0 Å². The van der Waals surface area contributed by atoms with E-state index < -0.39 is 0 Å². The van der Waals surface area contributed by atoms with Crippen molar-refractivity contribution in [2.45, 2.75) is 46.2 Å². The molecule has 1 aromatic heterocycles. The highest BCUT2D eigenvalue weighted by Crippen LogP contribution is 2.26. The summed E-state index contributed by atoms with van der Waals surface area (Å²) in [7, 11) is 0. The monoisotopic (exact) mass is 226 g/mol. The van der Waals surface area contributed by atoms with Gasteiger partial charge in [-0.05, 0) is 27.7 Å². The van der Waals surface area contributed by atoms with E-state index >= 15 is 0 Å². The minimum Gasteiger partial charge on any atom is -0.328 e. The lowest BCUT2D eigenvalue weighted by Gasteiger charge is -2.11. The molecule has 0 aliphatic rings. The van der Waals surface area contributed by atoms with Gasteiger partial charge in [0.05, 0.1) is 4.92 Å². The van der Waals surface area contributed by atoms with E-state index in [1.54, 1.807) is 11.6 Å². The SMILES string of the molecule is Cc1nn(C(C)C)c(CC(C)N)c1[N+](=O)[O-]. The van der Waals surface area contributed by atoms with Crippen LogP contribution in [0.4, 0.5) is 5.69 Å². The van der Waals surface area contributed by atoms with Crippen molar-refractivity contribution >= 4 is 5.69 Å². The predicted octanol–water partition coefficient (Wildman–Crippen LogP) is 1.57. The molecule has 0 aliphatic heterocycles. The molecule has 0 fully saturated rings. The highest BCUT2D eigenvalue weighted by atomic mass is 16.6. The molecule has 0 saturated carbocycles. The van der Waals surface area contributed by atoms with E-state index in [4.69, 9.17) is 5.73 Å². The fourth-order valence-corrected chi connectivity index (χ4v) is 1.75. The van der Waals surface area contributed by atoms with Crippen LogP contribution >= 0.6 is 0 Å². The number of hydrogen-bond donors (Lipinski definition) is 1. The summed E-state index contributed by atoms with van der Waals surface area (Å²) in [5, 5.41) is 15.2. The summed E-state index contributed by atoms with van der Waals surface area (Å²) >= 11 is 0. The molecule has 16 heavy (non-hydrogen) atoms. The Morgan fingerprint density at radius 1 is 1.50 bits per heavy atom. The molecule has 90 valence electrons. The Labute approximate surface area is 94.6 Å². The Hall–Kier alpha value is -1.43. The lowest BCUT2D eigenvalue weighted by Crippen LogP contribution is -2.21. The Bertz CT molecular complexity index is 396. The van der Waals surface area contributed by atoms with Gasteiger partial charge in [-0.1, -0.05) is 0 Å². The van der Waals surface area contributed by atoms with Crippen LogP contribution in [0.1, 0.15) is 38.2 Å². The number of nitro groups is 1. The summed E-state index contributed by atoms with van der Waals surface area (Å²) < 4.78 is 1.69. The Morgan fingerprint density at radius 2 is 2.06 bits per heavy atom. The molecule has 6 nitrogen and oxygen atoms in total. The standard InChI is InChI=1S/C10H18N4O2/c1-6(2)13-9(5-7(3)11)10(14(15)16)8(4)12-13/h6-7H,5,11H2,1-4H3. The van der Waals surface area contributed by atoms with E-state index in [0.717, 1.165) is 0 Å². The number of aryl methyl sites for hydroxylation is 1. The van der Waals surface area contributed by atoms with Gasteiger partial charge in [-0.2, -0.15) is 5.10 Å². The Morgan fingerprint density at radius 3 is 2.44 bits per heavy atom. The van der Waals surface area contributed by atoms with Gasteiger partial charge < -0.3 is 5.73 Å². The Balaban J connectivity index is 3.31. The molecule has 0 bridgehead atoms. The molecule has 0 radical (unpaired) electrons. The first-order chi connectivity index (χ1) is 7.34. The summed E-state index contributed by atoms with van der Waals surface area (Å²) in [6.45, 7) is 7.38. The van der Waals surface area contributed by atoms with E-state index in [1.165, 1.54) is 0 Å². The van der Waals surface area contributed by atoms with Crippen molar-refractivity contribution in [2.75, 3.05) is 0 Å². The van der Waals surface area contributed by atoms with Crippen molar-refractivity contribution in [2.24, 2.45) is 5.73 Å². The summed E-state index contributed by atoms with van der Waals surface area (Å²) in [5.74, 6) is 0. The highest BCUT2D eigenvalue weighted by molar-refractivity contribution is 5.41. The van der Waals surface area contributed by atoms with E-state index in [-0.39, 0.29) is 22.7 Å². The molecule has 1 unspecified atom stereocenters. The minimum absolute atomic E-state index is 0.0983. The van der Waals surface area contributed by atoms with Gasteiger partial charge in [0.1, 0.15) is 11.4 Å². The second-order valence-corrected chi connectivity index (χ2v) is 4.36. The van der Waals surface area contributed by atoms with Gasteiger partial charge in [0.2, 0.25) is 0 Å². The lowest BCUT2D eigenvalue weighted by molar-refractivity contribution is -0.386. The minimum atomic E-state index is -0.376. The maximum atomic E-state index is 11.0. The molecule has 1 atom stereocenters. The molecule has 2 N–H and O–H groups in total. The first-order valence-electron chi connectivity index (χ1n) is 5.32. The molecular weight excluding hydrogens is 208 g/mol. The molecule has 1 aromatic rings. The van der Waals surface area contributed by atoms with E-state index in [2.05, 4.69) is 5.10 Å². The molecule has 0 aromatic carbocycles. The largest absolute Gasteiger partial charge is 0.328 e. The maximum Gasteiger partial charge on any atom is 0.313 e. The van der Waals surface area contributed by atoms with E-state index in [9.17, 15) is 10.1 Å². The van der Waals surface area contributed by atoms with Crippen LogP contribution < -0.4 is 5.73 Å². The summed E-state index contributed by atoms with van der Waals surface area (Å²) in [4.78, 5) is 10.6. The van der Waals surface area contributed by atoms with Crippen LogP contribution in [-0.2, 0) is 6.42 Å². The van der Waals surface area contributed by atoms with E-state index in [0.29, 0.717) is 17.8 Å². The van der Waals surface area contributed by atoms with Gasteiger partial charge in [-0.15, -0.1) is 0 Å². The molecule has 0 amide bonds. The van der Waals surface area contributed by atoms with E-state index in [1.807, 2.05) is 20.8 Å². The zero-order chi connectivity index (χ0) is 12.5. The molecule has 1 rings (SSSR count). The summed E-state index contributed by atoms with van der Waals surface area (Å²) in [6.07, 6.45) is 0.468. The van der Waals surface area contributed by atoms with Crippen molar-refractivity contribution in [1.29, 1.82) is 0 Å². The smallest absolute Gasteiger partial charge is 0.313 e. The fourth-order valence-electron chi connectivity index (χ4n) is 1.75. The third kappa shape index (κ3) is 2.38. The van der Waals surface area contributed by atoms with Crippen LogP contribution in [0.15, 0.2) is 0 Å². The number of nitrogens with zero attached hydrogens (tertiary/aromatic N) is 3. The molecule has 1 heterocycles. The van der Waals surface area contributed by atoms with Gasteiger partial charge in [0, 0.05) is 18.5 Å². The van der Waals surface area contributed by atoms with Gasteiger partial charge in [0.15, 0.2) is 0 Å². The molecule has 0 aliphatic carbocycles. The number of nitrogens with two attached hydrogens (primary N) is 1. The van der Waals surface area contributed by atoms with Crippen molar-refractivity contribution in [3.8, 4) is 0 Å². The van der Waals surface area contributed by atoms with Crippen LogP contribution in [0.5, 0.6) is 0 Å². The summed E-state index contributed by atoms with van der Waals surface area (Å²) in [6, 6.07) is -0.0200.